The van der Waals surface area contributed by atoms with E-state index in [1.54, 1.807) is 25.9 Å². The number of nitrogens with two attached hydrogens (primary N) is 1. The summed E-state index contributed by atoms with van der Waals surface area (Å²) in [4.78, 5) is 14.6. The van der Waals surface area contributed by atoms with Gasteiger partial charge in [0.25, 0.3) is 0 Å². The van der Waals surface area contributed by atoms with Crippen LogP contribution in [-0.4, -0.2) is 70.5 Å². The summed E-state index contributed by atoms with van der Waals surface area (Å²) >= 11 is 1.56. The first-order chi connectivity index (χ1) is 17.4. The van der Waals surface area contributed by atoms with Crippen molar-refractivity contribution >= 4 is 26.0 Å². The quantitative estimate of drug-likeness (QED) is 0.120. The first-order valence-electron chi connectivity index (χ1n) is 12.6. The smallest absolute Gasteiger partial charge is 0.219 e. The molecule has 12 heteroatoms. The SMILES string of the molecule is CNC(=O)CCCS[C@H]1OC(CN=[N+]=[N-])[C@H](OCc2ccc(OC)cc2)C(O[Si](C)(C)C(C)(C)C)C1N. The number of azide groups is 1. The van der Waals surface area contributed by atoms with Crippen LogP contribution in [0.25, 0.3) is 10.4 Å². The zero-order valence-electron chi connectivity index (χ0n) is 23.1. The Hall–Kier alpha value is -1.79. The minimum Gasteiger partial charge on any atom is -0.497 e. The normalized spacial score (nSPS) is 24.3. The molecular formula is C25H43N5O5SSi. The van der Waals surface area contributed by atoms with Crippen LogP contribution in [-0.2, 0) is 25.3 Å². The van der Waals surface area contributed by atoms with Gasteiger partial charge in [-0.25, -0.2) is 0 Å². The Labute approximate surface area is 226 Å². The van der Waals surface area contributed by atoms with Gasteiger partial charge in [0.15, 0.2) is 8.32 Å². The molecule has 208 valence electrons. The number of ether oxygens (including phenoxy) is 3. The van der Waals surface area contributed by atoms with Gasteiger partial charge in [-0.1, -0.05) is 38.0 Å². The van der Waals surface area contributed by atoms with Gasteiger partial charge in [0.05, 0.1) is 38.5 Å². The molecule has 10 nitrogen and oxygen atoms in total. The molecule has 5 atom stereocenters. The minimum absolute atomic E-state index is 0.00169. The van der Waals surface area contributed by atoms with E-state index in [1.165, 1.54) is 0 Å². The molecule has 1 fully saturated rings. The van der Waals surface area contributed by atoms with E-state index in [-0.39, 0.29) is 22.9 Å². The van der Waals surface area contributed by atoms with Crippen LogP contribution in [0.5, 0.6) is 5.75 Å². The monoisotopic (exact) mass is 553 g/mol. The lowest BCUT2D eigenvalue weighted by atomic mass is 9.98. The van der Waals surface area contributed by atoms with Crippen molar-refractivity contribution in [3.63, 3.8) is 0 Å². The summed E-state index contributed by atoms with van der Waals surface area (Å²) in [6.45, 7) is 11.3. The molecule has 0 aromatic heterocycles. The number of methoxy groups -OCH3 is 1. The third-order valence-electron chi connectivity index (χ3n) is 6.97. The van der Waals surface area contributed by atoms with Gasteiger partial charge in [0, 0.05) is 18.4 Å². The van der Waals surface area contributed by atoms with Crippen LogP contribution < -0.4 is 15.8 Å². The van der Waals surface area contributed by atoms with Crippen molar-refractivity contribution in [1.82, 2.24) is 5.32 Å². The summed E-state index contributed by atoms with van der Waals surface area (Å²) in [5, 5.41) is 6.40. The Bertz CT molecular complexity index is 908. The van der Waals surface area contributed by atoms with Gasteiger partial charge in [0.1, 0.15) is 17.3 Å². The maximum absolute atomic E-state index is 11.6. The van der Waals surface area contributed by atoms with Crippen molar-refractivity contribution in [3.8, 4) is 5.75 Å². The van der Waals surface area contributed by atoms with E-state index in [4.69, 9.17) is 29.9 Å². The van der Waals surface area contributed by atoms with E-state index in [9.17, 15) is 4.79 Å². The van der Waals surface area contributed by atoms with Gasteiger partial charge < -0.3 is 29.7 Å². The van der Waals surface area contributed by atoms with Crippen molar-refractivity contribution in [1.29, 1.82) is 0 Å². The summed E-state index contributed by atoms with van der Waals surface area (Å²) < 4.78 is 24.9. The molecule has 1 amide bonds. The predicted octanol–water partition coefficient (Wildman–Crippen LogP) is 4.59. The number of amides is 1. The molecule has 1 heterocycles. The zero-order chi connectivity index (χ0) is 27.6. The first-order valence-corrected chi connectivity index (χ1v) is 16.6. The van der Waals surface area contributed by atoms with E-state index in [0.717, 1.165) is 11.3 Å². The number of carbonyl (C=O) groups excluding carboxylic acids is 1. The predicted molar refractivity (Wildman–Crippen MR) is 150 cm³/mol. The highest BCUT2D eigenvalue weighted by Crippen LogP contribution is 2.41. The second-order valence-electron chi connectivity index (χ2n) is 10.6. The second kappa shape index (κ2) is 14.4. The molecule has 0 saturated carbocycles. The number of benzene rings is 1. The largest absolute Gasteiger partial charge is 0.497 e. The Morgan fingerprint density at radius 2 is 1.95 bits per heavy atom. The molecule has 1 saturated heterocycles. The fourth-order valence-electron chi connectivity index (χ4n) is 3.68. The van der Waals surface area contributed by atoms with Crippen LogP contribution in [0.2, 0.25) is 18.1 Å². The molecule has 1 aliphatic heterocycles. The van der Waals surface area contributed by atoms with Gasteiger partial charge in [-0.3, -0.25) is 4.79 Å². The topological polar surface area (TPSA) is 141 Å². The average Bonchev–Trinajstić information content (AvgIpc) is 2.86. The summed E-state index contributed by atoms with van der Waals surface area (Å²) in [5.74, 6) is 1.47. The van der Waals surface area contributed by atoms with Crippen LogP contribution >= 0.6 is 11.8 Å². The van der Waals surface area contributed by atoms with Crippen LogP contribution in [0.3, 0.4) is 0 Å². The zero-order valence-corrected chi connectivity index (χ0v) is 24.9. The van der Waals surface area contributed by atoms with Crippen LogP contribution in [0.4, 0.5) is 0 Å². The van der Waals surface area contributed by atoms with E-state index in [0.29, 0.717) is 25.2 Å². The van der Waals surface area contributed by atoms with Gasteiger partial charge in [0.2, 0.25) is 5.91 Å². The highest BCUT2D eigenvalue weighted by Gasteiger charge is 2.50. The van der Waals surface area contributed by atoms with Crippen molar-refractivity contribution in [3.05, 3.63) is 40.3 Å². The lowest BCUT2D eigenvalue weighted by Gasteiger charge is -2.49. The fourth-order valence-corrected chi connectivity index (χ4v) is 6.14. The van der Waals surface area contributed by atoms with Crippen LogP contribution in [0.15, 0.2) is 29.4 Å². The van der Waals surface area contributed by atoms with E-state index in [1.807, 2.05) is 24.3 Å². The van der Waals surface area contributed by atoms with Gasteiger partial charge in [-0.15, -0.1) is 11.8 Å². The Balaban J connectivity index is 2.29. The molecule has 1 aromatic carbocycles. The standard InChI is InChI=1S/C25H43N5O5SSi/c1-25(2,3)37(6,7)35-23-21(26)24(36-14-8-9-20(31)28-4)34-19(15-29-30-27)22(23)33-16-17-10-12-18(32-5)13-11-17/h10-13,19,21-24H,8-9,14-16,26H2,1-7H3,(H,28,31)/t19?,21?,22-,23?,24+/m0/s1. The summed E-state index contributed by atoms with van der Waals surface area (Å²) in [6.07, 6.45) is -0.378. The summed E-state index contributed by atoms with van der Waals surface area (Å²) in [5.41, 5.74) is 16.4. The Morgan fingerprint density at radius 3 is 2.51 bits per heavy atom. The average molecular weight is 554 g/mol. The minimum atomic E-state index is -2.24. The number of nitrogens with zero attached hydrogens (tertiary/aromatic N) is 3. The molecule has 37 heavy (non-hydrogen) atoms. The molecule has 2 rings (SSSR count). The molecule has 3 N–H and O–H groups in total. The van der Waals surface area contributed by atoms with Crippen molar-refractivity contribution in [2.75, 3.05) is 26.5 Å². The number of carbonyl (C=O) groups is 1. The first kappa shape index (κ1) is 31.4. The lowest BCUT2D eigenvalue weighted by Crippen LogP contribution is -2.65. The molecule has 1 aromatic rings. The van der Waals surface area contributed by atoms with Crippen LogP contribution in [0.1, 0.15) is 39.2 Å². The van der Waals surface area contributed by atoms with E-state index in [2.05, 4.69) is 49.2 Å². The molecule has 1 aliphatic rings. The van der Waals surface area contributed by atoms with Crippen molar-refractivity contribution < 1.29 is 23.4 Å². The molecule has 0 bridgehead atoms. The second-order valence-corrected chi connectivity index (χ2v) is 16.6. The fraction of sp³-hybridized carbons (Fsp3) is 0.720. The molecule has 0 spiro atoms. The van der Waals surface area contributed by atoms with Crippen molar-refractivity contribution in [2.45, 2.75) is 88.1 Å². The summed E-state index contributed by atoms with van der Waals surface area (Å²) in [6, 6.07) is 7.18. The number of thioether (sulfide) groups is 1. The molecular weight excluding hydrogens is 510 g/mol. The Kier molecular flexibility index (Phi) is 12.2. The third-order valence-corrected chi connectivity index (χ3v) is 12.7. The van der Waals surface area contributed by atoms with Gasteiger partial charge in [-0.2, -0.15) is 0 Å². The molecule has 3 unspecified atom stereocenters. The molecule has 0 aliphatic carbocycles. The maximum Gasteiger partial charge on any atom is 0.219 e. The van der Waals surface area contributed by atoms with Gasteiger partial charge in [-0.05, 0) is 53.5 Å². The number of rotatable bonds is 13. The van der Waals surface area contributed by atoms with Crippen molar-refractivity contribution in [2.24, 2.45) is 10.8 Å². The third kappa shape index (κ3) is 9.17. The highest BCUT2D eigenvalue weighted by atomic mass is 32.2. The maximum atomic E-state index is 11.6. The number of hydrogen-bond acceptors (Lipinski definition) is 8. The lowest BCUT2D eigenvalue weighted by molar-refractivity contribution is -0.172. The molecule has 0 radical (unpaired) electrons. The number of hydrogen-bond donors (Lipinski definition) is 2. The Morgan fingerprint density at radius 1 is 1.27 bits per heavy atom. The van der Waals surface area contributed by atoms with E-state index < -0.39 is 32.7 Å². The number of nitrogens with one attached hydrogen (secondary N) is 1. The van der Waals surface area contributed by atoms with E-state index >= 15 is 0 Å². The van der Waals surface area contributed by atoms with Gasteiger partial charge >= 0.3 is 0 Å². The summed E-state index contributed by atoms with van der Waals surface area (Å²) in [7, 11) is 1.01. The van der Waals surface area contributed by atoms with Crippen LogP contribution in [0, 0.1) is 0 Å². The highest BCUT2D eigenvalue weighted by molar-refractivity contribution is 7.99.